The van der Waals surface area contributed by atoms with Gasteiger partial charge < -0.3 is 11.1 Å². The Kier molecular flexibility index (Phi) is 2.25. The third-order valence-corrected chi connectivity index (χ3v) is 2.23. The molecule has 3 N–H and O–H groups in total. The summed E-state index contributed by atoms with van der Waals surface area (Å²) in [6.07, 6.45) is 0. The number of nitrogens with zero attached hydrogens (tertiary/aromatic N) is 1. The van der Waals surface area contributed by atoms with E-state index in [4.69, 9.17) is 5.73 Å². The molecule has 0 bridgehead atoms. The Balaban J connectivity index is 2.59. The maximum atomic E-state index is 11.0. The second-order valence-electron chi connectivity index (χ2n) is 3.22. The van der Waals surface area contributed by atoms with Gasteiger partial charge in [-0.1, -0.05) is 0 Å². The molecule has 0 unspecified atom stereocenters. The van der Waals surface area contributed by atoms with Crippen molar-refractivity contribution in [3.8, 4) is 0 Å². The van der Waals surface area contributed by atoms with Crippen molar-refractivity contribution in [1.82, 2.24) is 4.98 Å². The number of carbonyl (C=O) groups is 1. The predicted molar refractivity (Wildman–Crippen MR) is 59.8 cm³/mol. The van der Waals surface area contributed by atoms with Gasteiger partial charge in [-0.3, -0.25) is 4.79 Å². The lowest BCUT2D eigenvalue weighted by molar-refractivity contribution is 0.100. The van der Waals surface area contributed by atoms with Crippen molar-refractivity contribution in [3.05, 3.63) is 35.9 Å². The van der Waals surface area contributed by atoms with Gasteiger partial charge in [0.2, 0.25) is 5.91 Å². The number of nitrogens with one attached hydrogen (secondary N) is 1. The molecule has 0 saturated carbocycles. The number of fused-ring (bicyclic) bond motifs is 1. The van der Waals surface area contributed by atoms with Crippen LogP contribution < -0.4 is 11.1 Å². The smallest absolute Gasteiger partial charge is 0.248 e. The Morgan fingerprint density at radius 3 is 2.80 bits per heavy atom. The van der Waals surface area contributed by atoms with Gasteiger partial charge in [0.05, 0.1) is 5.52 Å². The normalized spacial score (nSPS) is 10.2. The molecule has 1 amide bonds. The number of nitrogens with two attached hydrogens (primary N) is 1. The zero-order valence-corrected chi connectivity index (χ0v) is 8.32. The maximum Gasteiger partial charge on any atom is 0.248 e. The monoisotopic (exact) mass is 201 g/mol. The second kappa shape index (κ2) is 3.57. The average Bonchev–Trinajstić information content (AvgIpc) is 2.27. The molecule has 0 radical (unpaired) electrons. The van der Waals surface area contributed by atoms with Gasteiger partial charge in [0.25, 0.3) is 0 Å². The Morgan fingerprint density at radius 1 is 1.33 bits per heavy atom. The summed E-state index contributed by atoms with van der Waals surface area (Å²) in [5, 5.41) is 3.86. The Bertz CT molecular complexity index is 522. The van der Waals surface area contributed by atoms with Crippen LogP contribution in [-0.2, 0) is 0 Å². The van der Waals surface area contributed by atoms with Gasteiger partial charge in [0.1, 0.15) is 5.82 Å². The molecule has 76 valence electrons. The molecule has 0 spiro atoms. The van der Waals surface area contributed by atoms with E-state index < -0.39 is 5.91 Å². The minimum Gasteiger partial charge on any atom is -0.373 e. The minimum atomic E-state index is -0.422. The molecular weight excluding hydrogens is 190 g/mol. The average molecular weight is 201 g/mol. The van der Waals surface area contributed by atoms with Crippen LogP contribution in [0.15, 0.2) is 30.3 Å². The van der Waals surface area contributed by atoms with Crippen molar-refractivity contribution in [2.75, 3.05) is 12.4 Å². The van der Waals surface area contributed by atoms with E-state index in [1.165, 1.54) is 0 Å². The summed E-state index contributed by atoms with van der Waals surface area (Å²) >= 11 is 0. The highest BCUT2D eigenvalue weighted by Crippen LogP contribution is 2.16. The van der Waals surface area contributed by atoms with E-state index in [2.05, 4.69) is 10.3 Å². The lowest BCUT2D eigenvalue weighted by Gasteiger charge is -2.02. The Morgan fingerprint density at radius 2 is 2.13 bits per heavy atom. The molecule has 2 rings (SSSR count). The molecule has 0 atom stereocenters. The predicted octanol–water partition coefficient (Wildman–Crippen LogP) is 1.38. The highest BCUT2D eigenvalue weighted by molar-refractivity contribution is 5.97. The fourth-order valence-electron chi connectivity index (χ4n) is 1.42. The van der Waals surface area contributed by atoms with E-state index in [9.17, 15) is 4.79 Å². The van der Waals surface area contributed by atoms with Crippen LogP contribution in [0, 0.1) is 0 Å². The molecule has 4 heteroatoms. The molecule has 0 aliphatic rings. The van der Waals surface area contributed by atoms with Crippen LogP contribution in [0.4, 0.5) is 5.82 Å². The molecule has 0 aliphatic carbocycles. The van der Waals surface area contributed by atoms with Crippen LogP contribution in [0.5, 0.6) is 0 Å². The van der Waals surface area contributed by atoms with Gasteiger partial charge in [-0.25, -0.2) is 4.98 Å². The maximum absolute atomic E-state index is 11.0. The van der Waals surface area contributed by atoms with Crippen LogP contribution >= 0.6 is 0 Å². The van der Waals surface area contributed by atoms with Crippen molar-refractivity contribution in [1.29, 1.82) is 0 Å². The topological polar surface area (TPSA) is 68.0 Å². The van der Waals surface area contributed by atoms with Gasteiger partial charge in [0, 0.05) is 18.0 Å². The van der Waals surface area contributed by atoms with Crippen molar-refractivity contribution in [2.45, 2.75) is 0 Å². The third kappa shape index (κ3) is 1.74. The van der Waals surface area contributed by atoms with Gasteiger partial charge >= 0.3 is 0 Å². The fraction of sp³-hybridized carbons (Fsp3) is 0.0909. The van der Waals surface area contributed by atoms with E-state index in [0.717, 1.165) is 16.7 Å². The summed E-state index contributed by atoms with van der Waals surface area (Å²) in [5.74, 6) is 0.379. The lowest BCUT2D eigenvalue weighted by Crippen LogP contribution is -2.10. The first kappa shape index (κ1) is 9.45. The number of pyridine rings is 1. The molecule has 1 aromatic heterocycles. The van der Waals surface area contributed by atoms with Gasteiger partial charge in [-0.15, -0.1) is 0 Å². The number of anilines is 1. The SMILES string of the molecule is CNc1ccc2cc(C(N)=O)ccc2n1. The molecule has 0 fully saturated rings. The Hall–Kier alpha value is -2.10. The minimum absolute atomic E-state index is 0.422. The molecular formula is C11H11N3O. The Labute approximate surface area is 87.1 Å². The zero-order valence-electron chi connectivity index (χ0n) is 8.32. The largest absolute Gasteiger partial charge is 0.373 e. The van der Waals surface area contributed by atoms with E-state index in [-0.39, 0.29) is 0 Å². The lowest BCUT2D eigenvalue weighted by atomic mass is 10.1. The first-order valence-electron chi connectivity index (χ1n) is 4.59. The summed E-state index contributed by atoms with van der Waals surface area (Å²) in [6, 6.07) is 8.96. The van der Waals surface area contributed by atoms with Crippen molar-refractivity contribution >= 4 is 22.6 Å². The van der Waals surface area contributed by atoms with Crippen LogP contribution in [0.1, 0.15) is 10.4 Å². The second-order valence-corrected chi connectivity index (χ2v) is 3.22. The third-order valence-electron chi connectivity index (χ3n) is 2.23. The van der Waals surface area contributed by atoms with Crippen LogP contribution in [0.3, 0.4) is 0 Å². The number of aromatic nitrogens is 1. The standard InChI is InChI=1S/C11H11N3O/c1-13-10-5-3-7-6-8(11(12)15)2-4-9(7)14-10/h2-6H,1H3,(H2,12,15)(H,13,14). The molecule has 0 saturated heterocycles. The number of carbonyl (C=O) groups excluding carboxylic acids is 1. The summed E-state index contributed by atoms with van der Waals surface area (Å²) in [5.41, 5.74) is 6.53. The zero-order chi connectivity index (χ0) is 10.8. The summed E-state index contributed by atoms with van der Waals surface area (Å²) in [4.78, 5) is 15.3. The number of primary amides is 1. The number of benzene rings is 1. The van der Waals surface area contributed by atoms with Gasteiger partial charge in [-0.2, -0.15) is 0 Å². The highest BCUT2D eigenvalue weighted by Gasteiger charge is 2.02. The number of hydrogen-bond acceptors (Lipinski definition) is 3. The molecule has 2 aromatic rings. The molecule has 15 heavy (non-hydrogen) atoms. The van der Waals surface area contributed by atoms with Crippen LogP contribution in [-0.4, -0.2) is 17.9 Å². The summed E-state index contributed by atoms with van der Waals surface area (Å²) < 4.78 is 0. The van der Waals surface area contributed by atoms with Crippen molar-refractivity contribution in [3.63, 3.8) is 0 Å². The summed E-state index contributed by atoms with van der Waals surface area (Å²) in [7, 11) is 1.81. The number of rotatable bonds is 2. The number of hydrogen-bond donors (Lipinski definition) is 2. The summed E-state index contributed by atoms with van der Waals surface area (Å²) in [6.45, 7) is 0. The fourth-order valence-corrected chi connectivity index (χ4v) is 1.42. The van der Waals surface area contributed by atoms with Gasteiger partial charge in [0.15, 0.2) is 0 Å². The first-order chi connectivity index (χ1) is 7.20. The van der Waals surface area contributed by atoms with Crippen molar-refractivity contribution in [2.24, 2.45) is 5.73 Å². The molecule has 1 heterocycles. The van der Waals surface area contributed by atoms with Crippen LogP contribution in [0.25, 0.3) is 10.9 Å². The molecule has 4 nitrogen and oxygen atoms in total. The highest BCUT2D eigenvalue weighted by atomic mass is 16.1. The van der Waals surface area contributed by atoms with Crippen LogP contribution in [0.2, 0.25) is 0 Å². The number of amides is 1. The first-order valence-corrected chi connectivity index (χ1v) is 4.59. The van der Waals surface area contributed by atoms with E-state index in [0.29, 0.717) is 5.56 Å². The van der Waals surface area contributed by atoms with Gasteiger partial charge in [-0.05, 0) is 30.3 Å². The van der Waals surface area contributed by atoms with E-state index in [1.807, 2.05) is 19.2 Å². The van der Waals surface area contributed by atoms with E-state index >= 15 is 0 Å². The van der Waals surface area contributed by atoms with E-state index in [1.54, 1.807) is 18.2 Å². The van der Waals surface area contributed by atoms with Crippen molar-refractivity contribution < 1.29 is 4.79 Å². The molecule has 0 aliphatic heterocycles. The molecule has 1 aromatic carbocycles. The quantitative estimate of drug-likeness (QED) is 0.771.